The number of nitrogens with zero attached hydrogens (tertiary/aromatic N) is 2. The van der Waals surface area contributed by atoms with Crippen LogP contribution in [0.1, 0.15) is 25.3 Å². The van der Waals surface area contributed by atoms with Crippen LogP contribution in [-0.2, 0) is 16.1 Å². The molecular weight excluding hydrogens is 371 g/mol. The first-order valence-corrected chi connectivity index (χ1v) is 9.75. The van der Waals surface area contributed by atoms with Gasteiger partial charge in [0.25, 0.3) is 5.91 Å². The molecule has 6 heteroatoms. The molecule has 2 amide bonds. The first-order valence-electron chi connectivity index (χ1n) is 9.75. The van der Waals surface area contributed by atoms with Crippen LogP contribution >= 0.6 is 0 Å². The molecule has 2 atom stereocenters. The van der Waals surface area contributed by atoms with E-state index < -0.39 is 5.54 Å². The zero-order chi connectivity index (χ0) is 20.4. The monoisotopic (exact) mass is 394 g/mol. The number of carbonyl (C=O) groups is 2. The summed E-state index contributed by atoms with van der Waals surface area (Å²) in [6.45, 7) is 2.63. The summed E-state index contributed by atoms with van der Waals surface area (Å²) in [7, 11) is 0. The third-order valence-electron chi connectivity index (χ3n) is 5.67. The van der Waals surface area contributed by atoms with Crippen molar-refractivity contribution in [1.29, 1.82) is 0 Å². The Kier molecular flexibility index (Phi) is 5.09. The third-order valence-corrected chi connectivity index (χ3v) is 5.67. The van der Waals surface area contributed by atoms with Crippen molar-refractivity contribution < 1.29 is 18.7 Å². The van der Waals surface area contributed by atoms with E-state index in [9.17, 15) is 14.0 Å². The van der Waals surface area contributed by atoms with E-state index in [1.165, 1.54) is 12.1 Å². The number of benzene rings is 2. The molecule has 1 saturated heterocycles. The number of likely N-dealkylation sites (tertiary alicyclic amines) is 1. The average molecular weight is 394 g/mol. The molecule has 0 bridgehead atoms. The second-order valence-corrected chi connectivity index (χ2v) is 7.63. The number of amides is 2. The molecule has 2 aliphatic rings. The van der Waals surface area contributed by atoms with Gasteiger partial charge in [0.05, 0.1) is 5.54 Å². The molecule has 0 aliphatic carbocycles. The van der Waals surface area contributed by atoms with E-state index in [4.69, 9.17) is 4.74 Å². The second-order valence-electron chi connectivity index (χ2n) is 7.63. The molecule has 0 unspecified atom stereocenters. The lowest BCUT2D eigenvalue weighted by Gasteiger charge is -2.47. The Balaban J connectivity index is 1.46. The van der Waals surface area contributed by atoms with Crippen molar-refractivity contribution in [2.45, 2.75) is 38.0 Å². The first kappa shape index (κ1) is 19.2. The van der Waals surface area contributed by atoms with Gasteiger partial charge in [0.2, 0.25) is 0 Å². The average Bonchev–Trinajstić information content (AvgIpc) is 3.02. The molecule has 1 fully saturated rings. The summed E-state index contributed by atoms with van der Waals surface area (Å²) in [6, 6.07) is 15.5. The third kappa shape index (κ3) is 3.75. The minimum atomic E-state index is -0.555. The fraction of sp³-hybridized carbons (Fsp3) is 0.304. The van der Waals surface area contributed by atoms with Gasteiger partial charge in [-0.1, -0.05) is 42.5 Å². The van der Waals surface area contributed by atoms with Gasteiger partial charge in [-0.2, -0.15) is 0 Å². The largest absolute Gasteiger partial charge is 0.445 e. The summed E-state index contributed by atoms with van der Waals surface area (Å²) in [5.41, 5.74) is 0.913. The van der Waals surface area contributed by atoms with Crippen LogP contribution in [0.4, 0.5) is 14.9 Å². The molecule has 5 nitrogen and oxygen atoms in total. The van der Waals surface area contributed by atoms with Crippen LogP contribution in [0.2, 0.25) is 0 Å². The Morgan fingerprint density at radius 1 is 1.21 bits per heavy atom. The van der Waals surface area contributed by atoms with Crippen molar-refractivity contribution in [2.24, 2.45) is 0 Å². The van der Waals surface area contributed by atoms with Gasteiger partial charge in [-0.15, -0.1) is 0 Å². The number of piperidine rings is 1. The second kappa shape index (κ2) is 7.70. The number of carbonyl (C=O) groups excluding carboxylic acids is 2. The highest BCUT2D eigenvalue weighted by atomic mass is 19.1. The van der Waals surface area contributed by atoms with Gasteiger partial charge < -0.3 is 9.64 Å². The molecule has 29 heavy (non-hydrogen) atoms. The lowest BCUT2D eigenvalue weighted by Crippen LogP contribution is -2.57. The lowest BCUT2D eigenvalue weighted by atomic mass is 9.83. The van der Waals surface area contributed by atoms with Crippen LogP contribution in [0.15, 0.2) is 66.7 Å². The van der Waals surface area contributed by atoms with Crippen molar-refractivity contribution in [1.82, 2.24) is 4.90 Å². The van der Waals surface area contributed by atoms with Gasteiger partial charge in [-0.3, -0.25) is 9.69 Å². The number of ether oxygens (including phenoxy) is 1. The fourth-order valence-electron chi connectivity index (χ4n) is 4.28. The van der Waals surface area contributed by atoms with Gasteiger partial charge in [-0.25, -0.2) is 9.18 Å². The molecule has 0 N–H and O–H groups in total. The van der Waals surface area contributed by atoms with Crippen LogP contribution in [0, 0.1) is 5.82 Å². The summed E-state index contributed by atoms with van der Waals surface area (Å²) in [6.07, 6.45) is 4.20. The lowest BCUT2D eigenvalue weighted by molar-refractivity contribution is -0.114. The molecule has 2 heterocycles. The quantitative estimate of drug-likeness (QED) is 0.780. The van der Waals surface area contributed by atoms with E-state index in [-0.39, 0.29) is 30.5 Å². The highest BCUT2D eigenvalue weighted by Gasteiger charge is 2.47. The van der Waals surface area contributed by atoms with Crippen molar-refractivity contribution in [3.63, 3.8) is 0 Å². The van der Waals surface area contributed by atoms with Crippen molar-refractivity contribution in [2.75, 3.05) is 11.4 Å². The van der Waals surface area contributed by atoms with E-state index in [0.717, 1.165) is 5.56 Å². The fourth-order valence-corrected chi connectivity index (χ4v) is 4.28. The Bertz CT molecular complexity index is 946. The maximum atomic E-state index is 13.7. The van der Waals surface area contributed by atoms with Crippen LogP contribution < -0.4 is 4.90 Å². The number of hydrogen-bond donors (Lipinski definition) is 0. The van der Waals surface area contributed by atoms with Crippen LogP contribution in [0.3, 0.4) is 0 Å². The standard InChI is InChI=1S/C23H23FN2O3/c1-17-15-23(11-10-21(27)26(23)20-9-5-8-19(24)14-20)12-13-25(17)22(28)29-16-18-6-3-2-4-7-18/h2-11,14,17H,12-13,15-16H2,1H3/t17-,23+/m1/s1. The van der Waals surface area contributed by atoms with Gasteiger partial charge in [0, 0.05) is 24.4 Å². The van der Waals surface area contributed by atoms with Crippen molar-refractivity contribution in [3.05, 3.63) is 78.1 Å². The topological polar surface area (TPSA) is 49.9 Å². The van der Waals surface area contributed by atoms with Gasteiger partial charge in [0.15, 0.2) is 0 Å². The maximum Gasteiger partial charge on any atom is 0.410 e. The Morgan fingerprint density at radius 3 is 2.72 bits per heavy atom. The number of hydrogen-bond acceptors (Lipinski definition) is 3. The molecule has 0 aromatic heterocycles. The van der Waals surface area contributed by atoms with E-state index >= 15 is 0 Å². The molecule has 0 radical (unpaired) electrons. The Morgan fingerprint density at radius 2 is 2.00 bits per heavy atom. The van der Waals surface area contributed by atoms with Gasteiger partial charge in [-0.05, 0) is 43.5 Å². The molecule has 2 aliphatic heterocycles. The minimum absolute atomic E-state index is 0.126. The summed E-state index contributed by atoms with van der Waals surface area (Å²) in [5.74, 6) is -0.546. The molecule has 2 aromatic rings. The van der Waals surface area contributed by atoms with Gasteiger partial charge >= 0.3 is 6.09 Å². The summed E-state index contributed by atoms with van der Waals surface area (Å²) >= 11 is 0. The molecule has 150 valence electrons. The Hall–Kier alpha value is -3.15. The highest BCUT2D eigenvalue weighted by molar-refractivity contribution is 6.06. The van der Waals surface area contributed by atoms with Crippen LogP contribution in [-0.4, -0.2) is 35.0 Å². The molecule has 2 aromatic carbocycles. The molecule has 1 spiro atoms. The summed E-state index contributed by atoms with van der Waals surface area (Å²) < 4.78 is 19.2. The van der Waals surface area contributed by atoms with Crippen LogP contribution in [0.5, 0.6) is 0 Å². The smallest absolute Gasteiger partial charge is 0.410 e. The summed E-state index contributed by atoms with van der Waals surface area (Å²) in [5, 5.41) is 0. The first-order chi connectivity index (χ1) is 14.0. The van der Waals surface area contributed by atoms with E-state index in [1.54, 1.807) is 28.0 Å². The molecule has 4 rings (SSSR count). The Labute approximate surface area is 169 Å². The van der Waals surface area contributed by atoms with Gasteiger partial charge in [0.1, 0.15) is 12.4 Å². The molecule has 0 saturated carbocycles. The highest BCUT2D eigenvalue weighted by Crippen LogP contribution is 2.40. The maximum absolute atomic E-state index is 13.7. The zero-order valence-corrected chi connectivity index (χ0v) is 16.3. The predicted octanol–water partition coefficient (Wildman–Crippen LogP) is 4.29. The van der Waals surface area contributed by atoms with E-state index in [0.29, 0.717) is 25.1 Å². The SMILES string of the molecule is C[C@@H]1C[C@]2(C=CC(=O)N2c2cccc(F)c2)CCN1C(=O)OCc1ccccc1. The molecular formula is C23H23FN2O3. The van der Waals surface area contributed by atoms with E-state index in [1.807, 2.05) is 43.3 Å². The van der Waals surface area contributed by atoms with Crippen molar-refractivity contribution in [3.8, 4) is 0 Å². The number of halogens is 1. The zero-order valence-electron chi connectivity index (χ0n) is 16.3. The normalized spacial score (nSPS) is 23.7. The number of anilines is 1. The van der Waals surface area contributed by atoms with E-state index in [2.05, 4.69) is 0 Å². The van der Waals surface area contributed by atoms with Crippen molar-refractivity contribution >= 4 is 17.7 Å². The van der Waals surface area contributed by atoms with Crippen LogP contribution in [0.25, 0.3) is 0 Å². The minimum Gasteiger partial charge on any atom is -0.445 e. The predicted molar refractivity (Wildman–Crippen MR) is 108 cm³/mol. The number of rotatable bonds is 3. The summed E-state index contributed by atoms with van der Waals surface area (Å²) in [4.78, 5) is 28.5.